The maximum atomic E-state index is 13.1. The molecule has 1 spiro atoms. The van der Waals surface area contributed by atoms with Crippen LogP contribution in [0.5, 0.6) is 0 Å². The Balaban J connectivity index is 1.44. The van der Waals surface area contributed by atoms with E-state index in [1.807, 2.05) is 13.8 Å². The number of amides is 2. The van der Waals surface area contributed by atoms with Gasteiger partial charge in [-0.15, -0.1) is 0 Å². The number of sulfonamides is 1. The maximum Gasteiger partial charge on any atom is 0.253 e. The van der Waals surface area contributed by atoms with Crippen molar-refractivity contribution < 1.29 is 18.0 Å². The molecule has 1 aromatic rings. The Hall–Kier alpha value is -2.52. The fraction of sp³-hybridized carbons (Fsp3) is 0.593. The van der Waals surface area contributed by atoms with Crippen LogP contribution in [0.25, 0.3) is 6.08 Å². The number of carbonyl (C=O) groups is 2. The molecule has 1 saturated carbocycles. The molecule has 196 valence electrons. The number of hydrogen-bond donors (Lipinski definition) is 1. The highest BCUT2D eigenvalue weighted by Crippen LogP contribution is 2.36. The van der Waals surface area contributed by atoms with Crippen LogP contribution in [0.3, 0.4) is 0 Å². The van der Waals surface area contributed by atoms with Gasteiger partial charge in [0.15, 0.2) is 0 Å². The van der Waals surface area contributed by atoms with Crippen LogP contribution >= 0.6 is 0 Å². The number of carbonyl (C=O) groups excluding carboxylic acids is 2. The van der Waals surface area contributed by atoms with Crippen LogP contribution in [0.1, 0.15) is 72.5 Å². The molecule has 0 bridgehead atoms. The Morgan fingerprint density at radius 3 is 2.25 bits per heavy atom. The quantitative estimate of drug-likeness (QED) is 0.650. The number of nitrogens with one attached hydrogen (secondary N) is 1. The van der Waals surface area contributed by atoms with Crippen molar-refractivity contribution in [3.63, 3.8) is 0 Å². The zero-order chi connectivity index (χ0) is 26.3. The third kappa shape index (κ3) is 5.27. The molecule has 0 atom stereocenters. The predicted molar refractivity (Wildman–Crippen MR) is 142 cm³/mol. The van der Waals surface area contributed by atoms with E-state index >= 15 is 0 Å². The lowest BCUT2D eigenvalue weighted by Crippen LogP contribution is -2.50. The molecule has 2 amide bonds. The van der Waals surface area contributed by atoms with Gasteiger partial charge in [-0.2, -0.15) is 4.31 Å². The van der Waals surface area contributed by atoms with Crippen LogP contribution in [0.2, 0.25) is 0 Å². The van der Waals surface area contributed by atoms with Crippen LogP contribution in [-0.2, 0) is 14.8 Å². The summed E-state index contributed by atoms with van der Waals surface area (Å²) in [4.78, 5) is 31.6. The molecule has 1 aliphatic carbocycles. The molecule has 2 fully saturated rings. The maximum absolute atomic E-state index is 13.1. The lowest BCUT2D eigenvalue weighted by atomic mass is 9.82. The second kappa shape index (κ2) is 10.1. The topological polar surface area (TPSA) is 99.2 Å². The van der Waals surface area contributed by atoms with Gasteiger partial charge >= 0.3 is 0 Å². The van der Waals surface area contributed by atoms with Crippen molar-refractivity contribution in [2.75, 3.05) is 27.2 Å². The summed E-state index contributed by atoms with van der Waals surface area (Å²) in [5.41, 5.74) is 2.20. The smallest absolute Gasteiger partial charge is 0.253 e. The first-order valence-electron chi connectivity index (χ1n) is 12.8. The summed E-state index contributed by atoms with van der Waals surface area (Å²) in [6.45, 7) is 6.52. The molecule has 2 aliphatic heterocycles. The molecule has 0 aromatic heterocycles. The summed E-state index contributed by atoms with van der Waals surface area (Å²) in [5, 5.41) is 4.27. The van der Waals surface area contributed by atoms with Gasteiger partial charge in [-0.1, -0.05) is 19.8 Å². The van der Waals surface area contributed by atoms with E-state index < -0.39 is 15.6 Å². The Labute approximate surface area is 214 Å². The number of benzene rings is 1. The molecule has 4 rings (SSSR count). The largest absolute Gasteiger partial charge is 0.345 e. The highest BCUT2D eigenvalue weighted by molar-refractivity contribution is 7.92. The normalized spacial score (nSPS) is 24.7. The number of aryl methyl sites for hydroxylation is 2. The highest BCUT2D eigenvalue weighted by Gasteiger charge is 2.48. The third-order valence-electron chi connectivity index (χ3n) is 7.96. The van der Waals surface area contributed by atoms with Gasteiger partial charge in [-0.3, -0.25) is 14.6 Å². The van der Waals surface area contributed by atoms with E-state index in [1.165, 1.54) is 14.6 Å². The molecule has 1 N–H and O–H groups in total. The van der Waals surface area contributed by atoms with E-state index in [4.69, 9.17) is 4.99 Å². The Bertz CT molecular complexity index is 1180. The van der Waals surface area contributed by atoms with Gasteiger partial charge in [0.25, 0.3) is 11.8 Å². The van der Waals surface area contributed by atoms with E-state index in [9.17, 15) is 18.0 Å². The second-order valence-electron chi connectivity index (χ2n) is 10.9. The number of rotatable bonds is 5. The molecule has 0 radical (unpaired) electrons. The second-order valence-corrected chi connectivity index (χ2v) is 12.7. The predicted octanol–water partition coefficient (Wildman–Crippen LogP) is 3.49. The zero-order valence-electron chi connectivity index (χ0n) is 22.0. The number of piperidine rings is 1. The van der Waals surface area contributed by atoms with Gasteiger partial charge in [-0.05, 0) is 80.3 Å². The standard InChI is InChI=1S/C27H38N4O4S/c1-18-6-8-21(9-7-18)24-28-26(33)27(29-24)11-13-31(14-12-27)36(34,35)15-10-23-19(2)16-22(17-20(23)3)25(32)30(4)5/h10,15-18,21H,6-9,11-14H2,1-5H3,(H,28,29,33)/b15-10+. The van der Waals surface area contributed by atoms with E-state index in [0.717, 1.165) is 54.1 Å². The molecule has 1 saturated heterocycles. The SMILES string of the molecule is Cc1cc(C(=O)N(C)C)cc(C)c1/C=C/S(=O)(=O)N1CCC2(CC1)N=C(C1CCC(C)CC1)NC2=O. The summed E-state index contributed by atoms with van der Waals surface area (Å²) < 4.78 is 27.7. The van der Waals surface area contributed by atoms with Gasteiger partial charge in [0.05, 0.1) is 0 Å². The Morgan fingerprint density at radius 1 is 1.11 bits per heavy atom. The lowest BCUT2D eigenvalue weighted by Gasteiger charge is -2.34. The van der Waals surface area contributed by atoms with Crippen LogP contribution in [0, 0.1) is 25.7 Å². The molecule has 3 aliphatic rings. The van der Waals surface area contributed by atoms with Gasteiger partial charge in [0.1, 0.15) is 11.4 Å². The van der Waals surface area contributed by atoms with Crippen LogP contribution in [0.4, 0.5) is 0 Å². The average molecular weight is 515 g/mol. The van der Waals surface area contributed by atoms with Crippen molar-refractivity contribution in [3.8, 4) is 0 Å². The molecular weight excluding hydrogens is 476 g/mol. The Kier molecular flexibility index (Phi) is 7.44. The van der Waals surface area contributed by atoms with Crippen LogP contribution < -0.4 is 5.32 Å². The molecule has 8 nitrogen and oxygen atoms in total. The van der Waals surface area contributed by atoms with Crippen LogP contribution in [0.15, 0.2) is 22.5 Å². The summed E-state index contributed by atoms with van der Waals surface area (Å²) in [5.74, 6) is 1.67. The van der Waals surface area contributed by atoms with E-state index in [0.29, 0.717) is 24.3 Å². The van der Waals surface area contributed by atoms with Crippen molar-refractivity contribution in [3.05, 3.63) is 39.8 Å². The summed E-state index contributed by atoms with van der Waals surface area (Å²) >= 11 is 0. The van der Waals surface area contributed by atoms with Crippen molar-refractivity contribution in [1.82, 2.24) is 14.5 Å². The first-order valence-corrected chi connectivity index (χ1v) is 14.3. The minimum absolute atomic E-state index is 0.0812. The summed E-state index contributed by atoms with van der Waals surface area (Å²) in [6, 6.07) is 3.57. The minimum Gasteiger partial charge on any atom is -0.345 e. The van der Waals surface area contributed by atoms with Gasteiger partial charge in [-0.25, -0.2) is 8.42 Å². The first kappa shape index (κ1) is 26.5. The summed E-state index contributed by atoms with van der Waals surface area (Å²) in [6.07, 6.45) is 6.78. The van der Waals surface area contributed by atoms with E-state index in [1.54, 1.807) is 32.3 Å². The molecule has 0 unspecified atom stereocenters. The molecule has 9 heteroatoms. The van der Waals surface area contributed by atoms with Crippen molar-refractivity contribution in [2.45, 2.75) is 64.8 Å². The van der Waals surface area contributed by atoms with Gasteiger partial charge in [0.2, 0.25) is 10.0 Å². The monoisotopic (exact) mass is 514 g/mol. The van der Waals surface area contributed by atoms with E-state index in [2.05, 4.69) is 12.2 Å². The molecule has 1 aromatic carbocycles. The highest BCUT2D eigenvalue weighted by atomic mass is 32.2. The third-order valence-corrected chi connectivity index (χ3v) is 9.53. The molecule has 2 heterocycles. The van der Waals surface area contributed by atoms with Gasteiger partial charge in [0, 0.05) is 44.1 Å². The number of aliphatic imine (C=N–C) groups is 1. The summed E-state index contributed by atoms with van der Waals surface area (Å²) in [7, 11) is -0.257. The molecule has 36 heavy (non-hydrogen) atoms. The lowest BCUT2D eigenvalue weighted by molar-refractivity contribution is -0.125. The zero-order valence-corrected chi connectivity index (χ0v) is 22.8. The molecular formula is C27H38N4O4S. The number of nitrogens with zero attached hydrogens (tertiary/aromatic N) is 3. The van der Waals surface area contributed by atoms with E-state index in [-0.39, 0.29) is 24.9 Å². The van der Waals surface area contributed by atoms with Gasteiger partial charge < -0.3 is 10.2 Å². The van der Waals surface area contributed by atoms with Crippen molar-refractivity contribution in [1.29, 1.82) is 0 Å². The van der Waals surface area contributed by atoms with Crippen molar-refractivity contribution in [2.24, 2.45) is 16.8 Å². The Morgan fingerprint density at radius 2 is 1.69 bits per heavy atom. The number of hydrogen-bond acceptors (Lipinski definition) is 5. The van der Waals surface area contributed by atoms with Crippen molar-refractivity contribution >= 4 is 33.7 Å². The fourth-order valence-electron chi connectivity index (χ4n) is 5.58. The fourth-order valence-corrected chi connectivity index (χ4v) is 6.75. The first-order chi connectivity index (χ1) is 16.9. The minimum atomic E-state index is -3.66. The van der Waals surface area contributed by atoms with Crippen LogP contribution in [-0.4, -0.2) is 68.0 Å². The average Bonchev–Trinajstić information content (AvgIpc) is 3.13. The number of amidine groups is 1.